The lowest BCUT2D eigenvalue weighted by Gasteiger charge is -2.33. The number of aliphatic carboxylic acids is 1. The minimum absolute atomic E-state index is 0.0569. The summed E-state index contributed by atoms with van der Waals surface area (Å²) in [5, 5.41) is 20.9. The molecule has 1 rings (SSSR count). The fourth-order valence-electron chi connectivity index (χ4n) is 2.65. The molecule has 1 heterocycles. The Hall–Kier alpha value is -1.71. The van der Waals surface area contributed by atoms with Crippen molar-refractivity contribution in [1.82, 2.24) is 10.2 Å². The second kappa shape index (κ2) is 11.2. The van der Waals surface area contributed by atoms with Gasteiger partial charge in [0, 0.05) is 19.5 Å². The second-order valence-corrected chi connectivity index (χ2v) is 7.71. The number of likely N-dealkylation sites (tertiary alicyclic amines) is 1. The summed E-state index contributed by atoms with van der Waals surface area (Å²) in [4.78, 5) is 36.8. The summed E-state index contributed by atoms with van der Waals surface area (Å²) < 4.78 is 10.4. The van der Waals surface area contributed by atoms with Crippen LogP contribution in [0.1, 0.15) is 40.0 Å². The van der Waals surface area contributed by atoms with E-state index in [9.17, 15) is 19.5 Å². The van der Waals surface area contributed by atoms with Gasteiger partial charge in [0.05, 0.1) is 39.0 Å². The van der Waals surface area contributed by atoms with Gasteiger partial charge in [0.15, 0.2) is 0 Å². The smallest absolute Gasteiger partial charge is 0.305 e. The summed E-state index contributed by atoms with van der Waals surface area (Å²) in [6, 6.07) is -0.672. The van der Waals surface area contributed by atoms with Crippen molar-refractivity contribution in [3.63, 3.8) is 0 Å². The van der Waals surface area contributed by atoms with Gasteiger partial charge in [0.1, 0.15) is 6.04 Å². The Morgan fingerprint density at radius 1 is 1.11 bits per heavy atom. The van der Waals surface area contributed by atoms with E-state index >= 15 is 0 Å². The Balaban J connectivity index is 2.31. The lowest BCUT2D eigenvalue weighted by atomic mass is 9.85. The van der Waals surface area contributed by atoms with Gasteiger partial charge in [-0.3, -0.25) is 14.4 Å². The molecule has 1 saturated heterocycles. The van der Waals surface area contributed by atoms with Gasteiger partial charge in [-0.25, -0.2) is 0 Å². The van der Waals surface area contributed by atoms with E-state index in [1.807, 2.05) is 20.8 Å². The van der Waals surface area contributed by atoms with Gasteiger partial charge in [-0.2, -0.15) is 0 Å². The Bertz CT molecular complexity index is 504. The maximum Gasteiger partial charge on any atom is 0.305 e. The van der Waals surface area contributed by atoms with Gasteiger partial charge in [-0.05, 0) is 11.8 Å². The first kappa shape index (κ1) is 23.3. The van der Waals surface area contributed by atoms with E-state index in [2.05, 4.69) is 5.32 Å². The van der Waals surface area contributed by atoms with E-state index < -0.39 is 23.5 Å². The molecule has 3 N–H and O–H groups in total. The van der Waals surface area contributed by atoms with Crippen molar-refractivity contribution < 1.29 is 34.1 Å². The predicted octanol–water partition coefficient (Wildman–Crippen LogP) is 0.00850. The summed E-state index contributed by atoms with van der Waals surface area (Å²) in [6.07, 6.45) is 0.103. The molecule has 27 heavy (non-hydrogen) atoms. The van der Waals surface area contributed by atoms with E-state index in [0.717, 1.165) is 0 Å². The van der Waals surface area contributed by atoms with Crippen LogP contribution in [-0.2, 0) is 23.9 Å². The van der Waals surface area contributed by atoms with Gasteiger partial charge >= 0.3 is 5.97 Å². The molecule has 1 aliphatic rings. The first-order chi connectivity index (χ1) is 12.6. The highest BCUT2D eigenvalue weighted by Crippen LogP contribution is 2.23. The largest absolute Gasteiger partial charge is 0.481 e. The number of carboxylic acids is 1. The lowest BCUT2D eigenvalue weighted by Crippen LogP contribution is -2.54. The Morgan fingerprint density at radius 3 is 2.19 bits per heavy atom. The number of nitrogens with zero attached hydrogens (tertiary/aromatic N) is 1. The SMILES string of the molecule is CC(C)(C)C(NC(=O)CCOCCOCCC(=O)O)C(=O)N1CCC(O)C1. The molecule has 9 heteroatoms. The zero-order valence-corrected chi connectivity index (χ0v) is 16.4. The number of aliphatic hydroxyl groups excluding tert-OH is 1. The van der Waals surface area contributed by atoms with Crippen LogP contribution >= 0.6 is 0 Å². The Morgan fingerprint density at radius 2 is 1.70 bits per heavy atom. The molecule has 0 aromatic rings. The molecule has 0 bridgehead atoms. The maximum absolute atomic E-state index is 12.7. The number of carbonyl (C=O) groups excluding carboxylic acids is 2. The lowest BCUT2D eigenvalue weighted by molar-refractivity contribution is -0.139. The van der Waals surface area contributed by atoms with E-state index in [0.29, 0.717) is 19.5 Å². The molecule has 2 unspecified atom stereocenters. The van der Waals surface area contributed by atoms with Crippen LogP contribution in [0.5, 0.6) is 0 Å². The number of rotatable bonds is 11. The summed E-state index contributed by atoms with van der Waals surface area (Å²) in [5.74, 6) is -1.38. The number of hydrogen-bond acceptors (Lipinski definition) is 6. The van der Waals surface area contributed by atoms with Crippen LogP contribution in [0.25, 0.3) is 0 Å². The number of carboxylic acid groups (broad SMARTS) is 1. The summed E-state index contributed by atoms with van der Waals surface area (Å²) in [5.41, 5.74) is -0.459. The molecule has 0 radical (unpaired) electrons. The van der Waals surface area contributed by atoms with Gasteiger partial charge < -0.3 is 29.9 Å². The van der Waals surface area contributed by atoms with Crippen molar-refractivity contribution in [3.05, 3.63) is 0 Å². The van der Waals surface area contributed by atoms with Gasteiger partial charge in [-0.1, -0.05) is 20.8 Å². The highest BCUT2D eigenvalue weighted by molar-refractivity contribution is 5.88. The molecular weight excluding hydrogens is 356 g/mol. The van der Waals surface area contributed by atoms with Gasteiger partial charge in [0.25, 0.3) is 0 Å². The Kier molecular flexibility index (Phi) is 9.68. The number of carbonyl (C=O) groups is 3. The number of ether oxygens (including phenoxy) is 2. The molecule has 0 aliphatic carbocycles. The van der Waals surface area contributed by atoms with E-state index in [-0.39, 0.29) is 51.1 Å². The van der Waals surface area contributed by atoms with Crippen LogP contribution in [-0.4, -0.2) is 84.6 Å². The second-order valence-electron chi connectivity index (χ2n) is 7.71. The van der Waals surface area contributed by atoms with Crippen molar-refractivity contribution in [1.29, 1.82) is 0 Å². The zero-order chi connectivity index (χ0) is 20.4. The fraction of sp³-hybridized carbons (Fsp3) is 0.833. The molecule has 0 aromatic carbocycles. The third-order valence-electron chi connectivity index (χ3n) is 4.20. The van der Waals surface area contributed by atoms with E-state index in [4.69, 9.17) is 14.6 Å². The van der Waals surface area contributed by atoms with Gasteiger partial charge in [0.2, 0.25) is 11.8 Å². The standard InChI is InChI=1S/C18H32N2O7/c1-18(2,3)16(17(25)20-7-4-13(21)12-20)19-14(22)5-8-26-10-11-27-9-6-15(23)24/h13,16,21H,4-12H2,1-3H3,(H,19,22)(H,23,24). The molecule has 1 fully saturated rings. The first-order valence-electron chi connectivity index (χ1n) is 9.24. The molecular formula is C18H32N2O7. The van der Waals surface area contributed by atoms with Crippen molar-refractivity contribution >= 4 is 17.8 Å². The van der Waals surface area contributed by atoms with Crippen molar-refractivity contribution in [3.8, 4) is 0 Å². The molecule has 156 valence electrons. The zero-order valence-electron chi connectivity index (χ0n) is 16.4. The highest BCUT2D eigenvalue weighted by Gasteiger charge is 2.37. The van der Waals surface area contributed by atoms with Crippen LogP contribution in [0, 0.1) is 5.41 Å². The maximum atomic E-state index is 12.7. The predicted molar refractivity (Wildman–Crippen MR) is 97.1 cm³/mol. The third kappa shape index (κ3) is 9.16. The monoisotopic (exact) mass is 388 g/mol. The molecule has 0 aromatic heterocycles. The average molecular weight is 388 g/mol. The van der Waals surface area contributed by atoms with Crippen LogP contribution in [0.4, 0.5) is 0 Å². The number of β-amino-alcohol motifs (C(OH)–C–C–N with tert-alkyl or cyclic N) is 1. The van der Waals surface area contributed by atoms with E-state index in [1.165, 1.54) is 0 Å². The Labute approximate surface area is 160 Å². The summed E-state index contributed by atoms with van der Waals surface area (Å²) in [7, 11) is 0. The van der Waals surface area contributed by atoms with Crippen LogP contribution < -0.4 is 5.32 Å². The minimum Gasteiger partial charge on any atom is -0.481 e. The third-order valence-corrected chi connectivity index (χ3v) is 4.20. The normalized spacial score (nSPS) is 18.4. The van der Waals surface area contributed by atoms with Crippen LogP contribution in [0.3, 0.4) is 0 Å². The fourth-order valence-corrected chi connectivity index (χ4v) is 2.65. The first-order valence-corrected chi connectivity index (χ1v) is 9.24. The molecule has 9 nitrogen and oxygen atoms in total. The highest BCUT2D eigenvalue weighted by atomic mass is 16.5. The van der Waals surface area contributed by atoms with Gasteiger partial charge in [-0.15, -0.1) is 0 Å². The minimum atomic E-state index is -0.918. The molecule has 0 saturated carbocycles. The average Bonchev–Trinajstić information content (AvgIpc) is 2.99. The number of hydrogen-bond donors (Lipinski definition) is 3. The molecule has 0 spiro atoms. The summed E-state index contributed by atoms with van der Waals surface area (Å²) in [6.45, 7) is 7.27. The van der Waals surface area contributed by atoms with Crippen LogP contribution in [0.2, 0.25) is 0 Å². The molecule has 2 amide bonds. The molecule has 1 aliphatic heterocycles. The van der Waals surface area contributed by atoms with Crippen molar-refractivity contribution in [2.24, 2.45) is 5.41 Å². The van der Waals surface area contributed by atoms with E-state index in [1.54, 1.807) is 4.90 Å². The number of nitrogens with one attached hydrogen (secondary N) is 1. The van der Waals surface area contributed by atoms with Crippen molar-refractivity contribution in [2.45, 2.75) is 52.2 Å². The quantitative estimate of drug-likeness (QED) is 0.426. The topological polar surface area (TPSA) is 125 Å². The molecule has 2 atom stereocenters. The van der Waals surface area contributed by atoms with Crippen LogP contribution in [0.15, 0.2) is 0 Å². The van der Waals surface area contributed by atoms with Crippen molar-refractivity contribution in [2.75, 3.05) is 39.5 Å². The number of aliphatic hydroxyl groups is 1. The number of amides is 2. The summed E-state index contributed by atoms with van der Waals surface area (Å²) >= 11 is 0.